The van der Waals surface area contributed by atoms with Crippen LogP contribution in [0.15, 0.2) is 72.8 Å². The Morgan fingerprint density at radius 3 is 2.45 bits per heavy atom. The Bertz CT molecular complexity index is 1290. The van der Waals surface area contributed by atoms with Crippen LogP contribution >= 0.6 is 0 Å². The molecule has 8 nitrogen and oxygen atoms in total. The maximum absolute atomic E-state index is 14.2. The largest absolute Gasteiger partial charge is 0.493 e. The second-order valence-corrected chi connectivity index (χ2v) is 9.86. The molecular weight excluding hydrogens is 510 g/mol. The number of esters is 1. The number of fused-ring (bicyclic) bond motifs is 1. The molecule has 0 saturated carbocycles. The monoisotopic (exact) mass is 545 g/mol. The predicted molar refractivity (Wildman–Crippen MR) is 148 cm³/mol. The lowest BCUT2D eigenvalue weighted by Gasteiger charge is -2.38. The van der Waals surface area contributed by atoms with Crippen molar-refractivity contribution >= 4 is 11.9 Å². The second-order valence-electron chi connectivity index (χ2n) is 9.86. The van der Waals surface area contributed by atoms with Crippen molar-refractivity contribution in [1.82, 2.24) is 4.90 Å². The van der Waals surface area contributed by atoms with E-state index in [0.29, 0.717) is 37.7 Å². The number of nitrogens with zero attached hydrogens (tertiary/aromatic N) is 1. The molecule has 0 aliphatic carbocycles. The molecule has 3 aromatic rings. The minimum Gasteiger partial charge on any atom is -0.493 e. The molecule has 1 saturated heterocycles. The van der Waals surface area contributed by atoms with Gasteiger partial charge in [-0.15, -0.1) is 0 Å². The molecule has 0 N–H and O–H groups in total. The van der Waals surface area contributed by atoms with Crippen molar-refractivity contribution < 1.29 is 33.3 Å². The summed E-state index contributed by atoms with van der Waals surface area (Å²) < 4.78 is 29.2. The highest BCUT2D eigenvalue weighted by molar-refractivity contribution is 5.89. The van der Waals surface area contributed by atoms with E-state index in [1.54, 1.807) is 18.9 Å². The molecule has 0 radical (unpaired) electrons. The highest BCUT2D eigenvalue weighted by Crippen LogP contribution is 2.40. The minimum absolute atomic E-state index is 0.200. The Morgan fingerprint density at radius 1 is 1.02 bits per heavy atom. The van der Waals surface area contributed by atoms with Gasteiger partial charge in [0.25, 0.3) is 5.91 Å². The highest BCUT2D eigenvalue weighted by Gasteiger charge is 2.41. The first-order valence-electron chi connectivity index (χ1n) is 13.7. The van der Waals surface area contributed by atoms with Crippen molar-refractivity contribution in [3.05, 3.63) is 95.1 Å². The number of ether oxygens (including phenoxy) is 5. The Morgan fingerprint density at radius 2 is 1.77 bits per heavy atom. The molecule has 0 spiro atoms. The zero-order chi connectivity index (χ0) is 27.9. The summed E-state index contributed by atoms with van der Waals surface area (Å²) in [6, 6.07) is 22.2. The van der Waals surface area contributed by atoms with E-state index in [4.69, 9.17) is 23.7 Å². The molecule has 2 aliphatic heterocycles. The molecular formula is C32H35NO7. The van der Waals surface area contributed by atoms with Gasteiger partial charge in [0.15, 0.2) is 17.6 Å². The number of carbonyl (C=O) groups excluding carboxylic acids is 2. The lowest BCUT2D eigenvalue weighted by molar-refractivity contribution is -0.163. The van der Waals surface area contributed by atoms with Gasteiger partial charge in [-0.1, -0.05) is 66.7 Å². The quantitative estimate of drug-likeness (QED) is 0.343. The van der Waals surface area contributed by atoms with Crippen LogP contribution in [-0.2, 0) is 43.4 Å². The molecule has 1 amide bonds. The summed E-state index contributed by atoms with van der Waals surface area (Å²) in [7, 11) is 1.59. The Labute approximate surface area is 234 Å². The minimum atomic E-state index is -0.876. The molecule has 5 rings (SSSR count). The average Bonchev–Trinajstić information content (AvgIpc) is 3.52. The molecule has 3 unspecified atom stereocenters. The molecule has 8 heteroatoms. The third-order valence-corrected chi connectivity index (χ3v) is 7.27. The van der Waals surface area contributed by atoms with E-state index in [1.165, 1.54) is 0 Å². The Kier molecular flexibility index (Phi) is 8.98. The van der Waals surface area contributed by atoms with Crippen molar-refractivity contribution in [3.63, 3.8) is 0 Å². The zero-order valence-corrected chi connectivity index (χ0v) is 22.9. The van der Waals surface area contributed by atoms with E-state index < -0.39 is 18.1 Å². The summed E-state index contributed by atoms with van der Waals surface area (Å²) in [4.78, 5) is 29.1. The van der Waals surface area contributed by atoms with Crippen molar-refractivity contribution in [2.24, 2.45) is 0 Å². The van der Waals surface area contributed by atoms with Gasteiger partial charge in [-0.2, -0.15) is 0 Å². The standard InChI is InChI=1S/C32H35NO7/c1-3-38-32(35)27-18-26-24(14-15-28(36-2)30(26)39-20-22-10-6-4-7-11-22)19-33(27)31(34)29(23-12-8-5-9-13-23)40-25-16-17-37-21-25/h4-15,25,27,29H,3,16-21H2,1-2H3. The van der Waals surface area contributed by atoms with E-state index in [0.717, 1.165) is 22.3 Å². The predicted octanol–water partition coefficient (Wildman–Crippen LogP) is 4.64. The first kappa shape index (κ1) is 27.7. The van der Waals surface area contributed by atoms with Crippen molar-refractivity contribution in [3.8, 4) is 11.5 Å². The van der Waals surface area contributed by atoms with Crippen molar-refractivity contribution in [2.75, 3.05) is 26.9 Å². The van der Waals surface area contributed by atoms with Gasteiger partial charge < -0.3 is 28.6 Å². The van der Waals surface area contributed by atoms with Gasteiger partial charge in [0.2, 0.25) is 0 Å². The molecule has 40 heavy (non-hydrogen) atoms. The molecule has 210 valence electrons. The van der Waals surface area contributed by atoms with E-state index in [2.05, 4.69) is 0 Å². The van der Waals surface area contributed by atoms with Crippen LogP contribution in [0.3, 0.4) is 0 Å². The number of methoxy groups -OCH3 is 1. The van der Waals surface area contributed by atoms with Crippen LogP contribution in [0.1, 0.15) is 41.7 Å². The molecule has 0 aromatic heterocycles. The third-order valence-electron chi connectivity index (χ3n) is 7.27. The van der Waals surface area contributed by atoms with Crippen LogP contribution in [-0.4, -0.2) is 55.9 Å². The maximum Gasteiger partial charge on any atom is 0.329 e. The first-order chi connectivity index (χ1) is 19.6. The van der Waals surface area contributed by atoms with E-state index in [1.807, 2.05) is 72.8 Å². The number of amides is 1. The van der Waals surface area contributed by atoms with Gasteiger partial charge in [0.05, 0.1) is 26.4 Å². The van der Waals surface area contributed by atoms with Crippen molar-refractivity contribution in [2.45, 2.75) is 51.2 Å². The second kappa shape index (κ2) is 13.0. The Hall–Kier alpha value is -3.88. The van der Waals surface area contributed by atoms with Crippen molar-refractivity contribution in [1.29, 1.82) is 0 Å². The number of benzene rings is 3. The van der Waals surface area contributed by atoms with Gasteiger partial charge in [-0.25, -0.2) is 4.79 Å². The van der Waals surface area contributed by atoms with Gasteiger partial charge in [0.1, 0.15) is 12.6 Å². The summed E-state index contributed by atoms with van der Waals surface area (Å²) in [6.07, 6.45) is -0.134. The van der Waals surface area contributed by atoms with Crippen LogP contribution in [0.25, 0.3) is 0 Å². The van der Waals surface area contributed by atoms with Crippen LogP contribution in [0, 0.1) is 0 Å². The third kappa shape index (κ3) is 6.13. The van der Waals surface area contributed by atoms with Crippen LogP contribution in [0.2, 0.25) is 0 Å². The number of rotatable bonds is 10. The smallest absolute Gasteiger partial charge is 0.329 e. The molecule has 0 bridgehead atoms. The fraction of sp³-hybridized carbons (Fsp3) is 0.375. The average molecular weight is 546 g/mol. The highest BCUT2D eigenvalue weighted by atomic mass is 16.6. The number of hydrogen-bond acceptors (Lipinski definition) is 7. The summed E-state index contributed by atoms with van der Waals surface area (Å²) >= 11 is 0. The van der Waals surface area contributed by atoms with E-state index >= 15 is 0 Å². The van der Waals surface area contributed by atoms with E-state index in [-0.39, 0.29) is 31.6 Å². The van der Waals surface area contributed by atoms with Gasteiger partial charge in [-0.05, 0) is 36.1 Å². The number of hydrogen-bond donors (Lipinski definition) is 0. The van der Waals surface area contributed by atoms with Crippen LogP contribution in [0.4, 0.5) is 0 Å². The van der Waals surface area contributed by atoms with Crippen LogP contribution < -0.4 is 9.47 Å². The normalized spacial score (nSPS) is 19.0. The molecule has 3 atom stereocenters. The first-order valence-corrected chi connectivity index (χ1v) is 13.7. The topological polar surface area (TPSA) is 83.5 Å². The van der Waals surface area contributed by atoms with Gasteiger partial charge in [-0.3, -0.25) is 4.79 Å². The van der Waals surface area contributed by atoms with Gasteiger partial charge >= 0.3 is 5.97 Å². The SMILES string of the molecule is CCOC(=O)C1Cc2c(ccc(OC)c2OCc2ccccc2)CN1C(=O)C(OC1CCOC1)c1ccccc1. The lowest BCUT2D eigenvalue weighted by Crippen LogP contribution is -2.51. The zero-order valence-electron chi connectivity index (χ0n) is 22.9. The molecule has 1 fully saturated rings. The summed E-state index contributed by atoms with van der Waals surface area (Å²) in [5.41, 5.74) is 3.46. The molecule has 3 aromatic carbocycles. The van der Waals surface area contributed by atoms with Gasteiger partial charge in [0, 0.05) is 25.1 Å². The maximum atomic E-state index is 14.2. The summed E-state index contributed by atoms with van der Waals surface area (Å²) in [5.74, 6) is 0.395. The van der Waals surface area contributed by atoms with E-state index in [9.17, 15) is 9.59 Å². The fourth-order valence-electron chi connectivity index (χ4n) is 5.22. The molecule has 2 aliphatic rings. The lowest BCUT2D eigenvalue weighted by atomic mass is 9.91. The summed E-state index contributed by atoms with van der Waals surface area (Å²) in [6.45, 7) is 3.54. The summed E-state index contributed by atoms with van der Waals surface area (Å²) in [5, 5.41) is 0. The Balaban J connectivity index is 1.49. The van der Waals surface area contributed by atoms with Crippen LogP contribution in [0.5, 0.6) is 11.5 Å². The fourth-order valence-corrected chi connectivity index (χ4v) is 5.22. The number of carbonyl (C=O) groups is 2. The molecule has 2 heterocycles.